The Morgan fingerprint density at radius 3 is 2.24 bits per heavy atom. The average molecular weight is 319 g/mol. The normalized spacial score (nSPS) is 12.9. The summed E-state index contributed by atoms with van der Waals surface area (Å²) < 4.78 is 20.7. The van der Waals surface area contributed by atoms with Crippen molar-refractivity contribution in [3.05, 3.63) is 0 Å². The number of rotatable bonds is 16. The first-order valence-electron chi connectivity index (χ1n) is 9.66. The van der Waals surface area contributed by atoms with Crippen LogP contribution in [0, 0.1) is 0 Å². The number of unbranched alkanes of at least 4 members (excludes halogenated alkanes) is 7. The highest BCUT2D eigenvalue weighted by Crippen LogP contribution is 2.13. The molecule has 126 valence electrons. The van der Waals surface area contributed by atoms with Gasteiger partial charge in [-0.3, -0.25) is 4.79 Å². The van der Waals surface area contributed by atoms with Crippen LogP contribution in [0.5, 0.6) is 0 Å². The molecule has 0 atom stereocenters. The summed E-state index contributed by atoms with van der Waals surface area (Å²) in [6.45, 7) is 2.22. The minimum atomic E-state index is -0.997. The fourth-order valence-electron chi connectivity index (χ4n) is 2.15. The number of esters is 1. The predicted octanol–water partition coefficient (Wildman–Crippen LogP) is 5.98. The summed E-state index contributed by atoms with van der Waals surface area (Å²) in [4.78, 5) is 10.9. The molecular formula is C18H36O2S. The van der Waals surface area contributed by atoms with Crippen LogP contribution in [0.4, 0.5) is 0 Å². The first kappa shape index (κ1) is 17.2. The van der Waals surface area contributed by atoms with Crippen molar-refractivity contribution in [3.63, 3.8) is 0 Å². The molecule has 0 radical (unpaired) electrons. The molecule has 2 nitrogen and oxygen atoms in total. The van der Waals surface area contributed by atoms with E-state index in [1.807, 2.05) is 11.8 Å². The maximum absolute atomic E-state index is 10.9. The Balaban J connectivity index is 3.39. The first-order chi connectivity index (χ1) is 11.0. The lowest BCUT2D eigenvalue weighted by Crippen LogP contribution is -1.99. The zero-order chi connectivity index (χ0) is 17.4. The maximum atomic E-state index is 10.9. The van der Waals surface area contributed by atoms with Crippen LogP contribution in [0.25, 0.3) is 0 Å². The molecule has 0 amide bonds. The molecule has 3 heteroatoms. The van der Waals surface area contributed by atoms with Gasteiger partial charge in [-0.05, 0) is 30.8 Å². The Morgan fingerprint density at radius 2 is 1.52 bits per heavy atom. The average Bonchev–Trinajstić information content (AvgIpc) is 2.52. The van der Waals surface area contributed by atoms with Crippen molar-refractivity contribution in [1.29, 1.82) is 0 Å². The fourth-order valence-corrected chi connectivity index (χ4v) is 3.06. The molecule has 0 saturated heterocycles. The minimum absolute atomic E-state index is 0.124. The molecule has 0 aromatic rings. The summed E-state index contributed by atoms with van der Waals surface area (Å²) in [6.07, 6.45) is 11.3. The van der Waals surface area contributed by atoms with E-state index in [0.717, 1.165) is 37.2 Å². The van der Waals surface area contributed by atoms with Crippen LogP contribution in [0.1, 0.15) is 93.1 Å². The molecule has 21 heavy (non-hydrogen) atoms. The van der Waals surface area contributed by atoms with Gasteiger partial charge in [-0.25, -0.2) is 0 Å². The summed E-state index contributed by atoms with van der Waals surface area (Å²) in [7, 11) is 1.43. The Morgan fingerprint density at radius 1 is 0.905 bits per heavy atom. The minimum Gasteiger partial charge on any atom is -0.469 e. The summed E-state index contributed by atoms with van der Waals surface area (Å²) in [5, 5.41) is 0. The highest BCUT2D eigenvalue weighted by molar-refractivity contribution is 7.99. The van der Waals surface area contributed by atoms with Crippen molar-refractivity contribution in [1.82, 2.24) is 0 Å². The maximum Gasteiger partial charge on any atom is 0.305 e. The molecule has 0 aliphatic carbocycles. The Bertz CT molecular complexity index is 286. The number of hydrogen-bond acceptors (Lipinski definition) is 3. The molecule has 0 fully saturated rings. The van der Waals surface area contributed by atoms with E-state index in [-0.39, 0.29) is 5.97 Å². The summed E-state index contributed by atoms with van der Waals surface area (Å²) in [5.41, 5.74) is 0. The van der Waals surface area contributed by atoms with Crippen molar-refractivity contribution in [2.75, 3.05) is 18.6 Å². The van der Waals surface area contributed by atoms with Crippen LogP contribution in [-0.2, 0) is 9.53 Å². The molecule has 0 heterocycles. The van der Waals surface area contributed by atoms with E-state index >= 15 is 0 Å². The third kappa shape index (κ3) is 17.8. The van der Waals surface area contributed by atoms with Crippen LogP contribution in [-0.4, -0.2) is 24.6 Å². The van der Waals surface area contributed by atoms with Gasteiger partial charge in [-0.1, -0.05) is 64.7 Å². The lowest BCUT2D eigenvalue weighted by atomic mass is 10.1. The molecule has 0 unspecified atom stereocenters. The third-order valence-electron chi connectivity index (χ3n) is 3.53. The van der Waals surface area contributed by atoms with Crippen LogP contribution in [0.2, 0.25) is 0 Å². The number of thioether (sulfide) groups is 1. The van der Waals surface area contributed by atoms with E-state index in [2.05, 4.69) is 11.7 Å². The molecule has 0 bridgehead atoms. The molecule has 0 rings (SSSR count). The van der Waals surface area contributed by atoms with Crippen LogP contribution in [0.15, 0.2) is 0 Å². The lowest BCUT2D eigenvalue weighted by Gasteiger charge is -2.03. The SMILES string of the molecule is [2H]C([2H])(CCCCCCCC)CCSCCCCCC(=O)OC. The smallest absolute Gasteiger partial charge is 0.305 e. The van der Waals surface area contributed by atoms with Gasteiger partial charge in [0, 0.05) is 9.16 Å². The van der Waals surface area contributed by atoms with Gasteiger partial charge in [0.15, 0.2) is 0 Å². The van der Waals surface area contributed by atoms with E-state index < -0.39 is 6.37 Å². The van der Waals surface area contributed by atoms with Crippen molar-refractivity contribution in [3.8, 4) is 0 Å². The Labute approximate surface area is 139 Å². The van der Waals surface area contributed by atoms with Crippen LogP contribution in [0.3, 0.4) is 0 Å². The van der Waals surface area contributed by atoms with Gasteiger partial charge in [-0.15, -0.1) is 0 Å². The summed E-state index contributed by atoms with van der Waals surface area (Å²) in [5.74, 6) is 1.84. The Kier molecular flexibility index (Phi) is 14.6. The molecule has 0 N–H and O–H groups in total. The van der Waals surface area contributed by atoms with E-state index in [1.54, 1.807) is 0 Å². The predicted molar refractivity (Wildman–Crippen MR) is 95.0 cm³/mol. The van der Waals surface area contributed by atoms with E-state index in [1.165, 1.54) is 39.2 Å². The van der Waals surface area contributed by atoms with E-state index in [0.29, 0.717) is 19.3 Å². The van der Waals surface area contributed by atoms with Gasteiger partial charge in [0.25, 0.3) is 0 Å². The van der Waals surface area contributed by atoms with Gasteiger partial charge >= 0.3 is 5.97 Å². The lowest BCUT2D eigenvalue weighted by molar-refractivity contribution is -0.140. The zero-order valence-corrected chi connectivity index (χ0v) is 14.9. The first-order valence-corrected chi connectivity index (χ1v) is 9.82. The Hall–Kier alpha value is -0.180. The summed E-state index contributed by atoms with van der Waals surface area (Å²) in [6, 6.07) is 0. The van der Waals surface area contributed by atoms with Crippen molar-refractivity contribution in [2.24, 2.45) is 0 Å². The highest BCUT2D eigenvalue weighted by atomic mass is 32.2. The highest BCUT2D eigenvalue weighted by Gasteiger charge is 1.99. The van der Waals surface area contributed by atoms with Gasteiger partial charge in [0.2, 0.25) is 0 Å². The largest absolute Gasteiger partial charge is 0.469 e. The third-order valence-corrected chi connectivity index (χ3v) is 4.60. The molecule has 0 spiro atoms. The van der Waals surface area contributed by atoms with Crippen molar-refractivity contribution >= 4 is 17.7 Å². The van der Waals surface area contributed by atoms with Gasteiger partial charge in [0.1, 0.15) is 0 Å². The van der Waals surface area contributed by atoms with Crippen molar-refractivity contribution < 1.29 is 12.3 Å². The number of carbonyl (C=O) groups is 1. The number of hydrogen-bond donors (Lipinski definition) is 0. The second kappa shape index (κ2) is 17.9. The molecule has 0 aromatic heterocycles. The molecule has 0 saturated carbocycles. The fraction of sp³-hybridized carbons (Fsp3) is 0.944. The van der Waals surface area contributed by atoms with Crippen LogP contribution >= 0.6 is 11.8 Å². The second-order valence-electron chi connectivity index (χ2n) is 5.52. The van der Waals surface area contributed by atoms with Gasteiger partial charge < -0.3 is 4.74 Å². The van der Waals surface area contributed by atoms with E-state index in [4.69, 9.17) is 2.74 Å². The molecule has 0 aromatic carbocycles. The topological polar surface area (TPSA) is 26.3 Å². The molecule has 0 aliphatic rings. The van der Waals surface area contributed by atoms with Gasteiger partial charge in [0.05, 0.1) is 7.11 Å². The monoisotopic (exact) mass is 318 g/mol. The van der Waals surface area contributed by atoms with Crippen LogP contribution < -0.4 is 0 Å². The number of carbonyl (C=O) groups excluding carboxylic acids is 1. The van der Waals surface area contributed by atoms with Crippen molar-refractivity contribution in [2.45, 2.75) is 90.3 Å². The van der Waals surface area contributed by atoms with Gasteiger partial charge in [-0.2, -0.15) is 11.8 Å². The quantitative estimate of drug-likeness (QED) is 0.258. The molecular weight excluding hydrogens is 280 g/mol. The van der Waals surface area contributed by atoms with E-state index in [9.17, 15) is 4.79 Å². The number of ether oxygens (including phenoxy) is 1. The standard InChI is InChI=1S/C18H36O2S/c1-3-4-5-6-7-8-9-10-13-16-21-17-14-11-12-15-18(19)20-2/h3-17H2,1-2H3/i10D2. The summed E-state index contributed by atoms with van der Waals surface area (Å²) >= 11 is 1.84. The number of methoxy groups -OCH3 is 1. The second-order valence-corrected chi connectivity index (χ2v) is 6.74. The zero-order valence-electron chi connectivity index (χ0n) is 16.1. The molecule has 0 aliphatic heterocycles.